The average molecular weight is 271 g/mol. The Morgan fingerprint density at radius 3 is 2.67 bits per heavy atom. The number of carbonyl (C=O) groups is 2. The van der Waals surface area contributed by atoms with Gasteiger partial charge in [0.05, 0.1) is 12.5 Å². The molecule has 2 amide bonds. The Bertz CT molecular complexity index is 437. The smallest absolute Gasteiger partial charge is 0.315 e. The largest absolute Gasteiger partial charge is 0.481 e. The molecule has 0 fully saturated rings. The van der Waals surface area contributed by atoms with Gasteiger partial charge in [0.2, 0.25) is 0 Å². The Labute approximate surface area is 110 Å². The number of benzene rings is 1. The standard InChI is InChI=1S/C12H15ClN2O3/c1-8(9-4-2-3-5-10(9)13)15-12(18)14-7-6-11(16)17/h2-5,8H,6-7H2,1H3,(H,16,17)(H2,14,15,18)/t8-/m1/s1. The van der Waals surface area contributed by atoms with E-state index in [0.717, 1.165) is 5.56 Å². The van der Waals surface area contributed by atoms with Gasteiger partial charge in [0.1, 0.15) is 0 Å². The van der Waals surface area contributed by atoms with Crippen molar-refractivity contribution in [3.63, 3.8) is 0 Å². The monoisotopic (exact) mass is 270 g/mol. The lowest BCUT2D eigenvalue weighted by molar-refractivity contribution is -0.136. The fourth-order valence-electron chi connectivity index (χ4n) is 1.43. The molecule has 5 nitrogen and oxygen atoms in total. The number of urea groups is 1. The van der Waals surface area contributed by atoms with Crippen LogP contribution in [0.15, 0.2) is 24.3 Å². The van der Waals surface area contributed by atoms with E-state index in [-0.39, 0.29) is 19.0 Å². The molecule has 1 atom stereocenters. The summed E-state index contributed by atoms with van der Waals surface area (Å²) in [6.07, 6.45) is -0.103. The van der Waals surface area contributed by atoms with Crippen LogP contribution in [0.2, 0.25) is 5.02 Å². The second kappa shape index (κ2) is 6.86. The highest BCUT2D eigenvalue weighted by Crippen LogP contribution is 2.21. The lowest BCUT2D eigenvalue weighted by atomic mass is 10.1. The normalized spacial score (nSPS) is 11.7. The molecular formula is C12H15ClN2O3. The Hall–Kier alpha value is -1.75. The van der Waals surface area contributed by atoms with Gasteiger partial charge in [0, 0.05) is 11.6 Å². The average Bonchev–Trinajstić information content (AvgIpc) is 2.28. The highest BCUT2D eigenvalue weighted by Gasteiger charge is 2.11. The van der Waals surface area contributed by atoms with E-state index >= 15 is 0 Å². The first-order chi connectivity index (χ1) is 8.50. The minimum absolute atomic E-state index is 0.0937. The van der Waals surface area contributed by atoms with E-state index in [1.54, 1.807) is 13.0 Å². The fraction of sp³-hybridized carbons (Fsp3) is 0.333. The molecular weight excluding hydrogens is 256 g/mol. The van der Waals surface area contributed by atoms with Crippen LogP contribution in [-0.4, -0.2) is 23.7 Å². The van der Waals surface area contributed by atoms with Crippen molar-refractivity contribution in [1.82, 2.24) is 10.6 Å². The fourth-order valence-corrected chi connectivity index (χ4v) is 1.73. The van der Waals surface area contributed by atoms with Crippen molar-refractivity contribution in [1.29, 1.82) is 0 Å². The van der Waals surface area contributed by atoms with E-state index in [1.807, 2.05) is 18.2 Å². The van der Waals surface area contributed by atoms with Gasteiger partial charge in [-0.1, -0.05) is 29.8 Å². The summed E-state index contributed by atoms with van der Waals surface area (Å²) in [5.41, 5.74) is 0.813. The van der Waals surface area contributed by atoms with Crippen molar-refractivity contribution < 1.29 is 14.7 Å². The Morgan fingerprint density at radius 1 is 1.39 bits per heavy atom. The summed E-state index contributed by atoms with van der Waals surface area (Å²) in [4.78, 5) is 21.7. The van der Waals surface area contributed by atoms with Crippen LogP contribution in [0.3, 0.4) is 0 Å². The highest BCUT2D eigenvalue weighted by atomic mass is 35.5. The second-order valence-electron chi connectivity index (χ2n) is 3.79. The number of carboxylic acids is 1. The highest BCUT2D eigenvalue weighted by molar-refractivity contribution is 6.31. The zero-order valence-corrected chi connectivity index (χ0v) is 10.7. The van der Waals surface area contributed by atoms with Crippen LogP contribution in [-0.2, 0) is 4.79 Å². The van der Waals surface area contributed by atoms with Gasteiger partial charge < -0.3 is 15.7 Å². The van der Waals surface area contributed by atoms with E-state index in [0.29, 0.717) is 5.02 Å². The number of amides is 2. The number of nitrogens with one attached hydrogen (secondary N) is 2. The molecule has 1 aromatic rings. The number of aliphatic carboxylic acids is 1. The van der Waals surface area contributed by atoms with E-state index in [1.165, 1.54) is 0 Å². The van der Waals surface area contributed by atoms with Crippen LogP contribution in [0.4, 0.5) is 4.79 Å². The number of carbonyl (C=O) groups excluding carboxylic acids is 1. The van der Waals surface area contributed by atoms with Gasteiger partial charge in [-0.05, 0) is 18.6 Å². The Balaban J connectivity index is 2.45. The molecule has 0 aromatic heterocycles. The van der Waals surface area contributed by atoms with E-state index in [2.05, 4.69) is 10.6 Å². The zero-order chi connectivity index (χ0) is 13.5. The van der Waals surface area contributed by atoms with Crippen molar-refractivity contribution in [3.8, 4) is 0 Å². The zero-order valence-electron chi connectivity index (χ0n) is 9.94. The summed E-state index contributed by atoms with van der Waals surface area (Å²) in [5, 5.41) is 14.2. The minimum Gasteiger partial charge on any atom is -0.481 e. The first-order valence-electron chi connectivity index (χ1n) is 5.51. The lowest BCUT2D eigenvalue weighted by Crippen LogP contribution is -2.38. The molecule has 0 radical (unpaired) electrons. The van der Waals surface area contributed by atoms with Crippen molar-refractivity contribution in [2.75, 3.05) is 6.54 Å². The number of hydrogen-bond acceptors (Lipinski definition) is 2. The molecule has 6 heteroatoms. The molecule has 0 unspecified atom stereocenters. The first-order valence-corrected chi connectivity index (χ1v) is 5.89. The molecule has 18 heavy (non-hydrogen) atoms. The van der Waals surface area contributed by atoms with Crippen LogP contribution >= 0.6 is 11.6 Å². The quantitative estimate of drug-likeness (QED) is 0.767. The van der Waals surface area contributed by atoms with Crippen molar-refractivity contribution in [2.24, 2.45) is 0 Å². The van der Waals surface area contributed by atoms with Gasteiger partial charge in [0.25, 0.3) is 0 Å². The molecule has 0 saturated heterocycles. The van der Waals surface area contributed by atoms with Crippen LogP contribution in [0, 0.1) is 0 Å². The third kappa shape index (κ3) is 4.63. The van der Waals surface area contributed by atoms with Crippen molar-refractivity contribution >= 4 is 23.6 Å². The predicted octanol–water partition coefficient (Wildman–Crippen LogP) is 2.17. The minimum atomic E-state index is -0.950. The Morgan fingerprint density at radius 2 is 2.06 bits per heavy atom. The van der Waals surface area contributed by atoms with Gasteiger partial charge in [-0.3, -0.25) is 4.79 Å². The molecule has 1 rings (SSSR count). The molecule has 0 aliphatic carbocycles. The summed E-state index contributed by atoms with van der Waals surface area (Å²) >= 11 is 6.00. The van der Waals surface area contributed by atoms with Gasteiger partial charge in [0.15, 0.2) is 0 Å². The van der Waals surface area contributed by atoms with Crippen LogP contribution in [0.1, 0.15) is 24.9 Å². The number of hydrogen-bond donors (Lipinski definition) is 3. The van der Waals surface area contributed by atoms with Gasteiger partial charge in [-0.25, -0.2) is 4.79 Å². The molecule has 0 aliphatic heterocycles. The summed E-state index contributed by atoms with van der Waals surface area (Å²) in [6, 6.07) is 6.56. The number of rotatable bonds is 5. The SMILES string of the molecule is C[C@@H](NC(=O)NCCC(=O)O)c1ccccc1Cl. The maximum atomic E-state index is 11.5. The molecule has 0 spiro atoms. The van der Waals surface area contributed by atoms with E-state index < -0.39 is 12.0 Å². The van der Waals surface area contributed by atoms with Crippen molar-refractivity contribution in [3.05, 3.63) is 34.9 Å². The first kappa shape index (κ1) is 14.3. The molecule has 0 heterocycles. The molecule has 98 valence electrons. The molecule has 0 aliphatic rings. The van der Waals surface area contributed by atoms with Gasteiger partial charge in [-0.15, -0.1) is 0 Å². The van der Waals surface area contributed by atoms with E-state index in [9.17, 15) is 9.59 Å². The van der Waals surface area contributed by atoms with Gasteiger partial charge >= 0.3 is 12.0 Å². The maximum absolute atomic E-state index is 11.5. The predicted molar refractivity (Wildman–Crippen MR) is 68.7 cm³/mol. The number of carboxylic acid groups (broad SMARTS) is 1. The van der Waals surface area contributed by atoms with Crippen LogP contribution in [0.25, 0.3) is 0 Å². The topological polar surface area (TPSA) is 78.4 Å². The van der Waals surface area contributed by atoms with Crippen molar-refractivity contribution in [2.45, 2.75) is 19.4 Å². The summed E-state index contributed by atoms with van der Waals surface area (Å²) in [7, 11) is 0. The molecule has 3 N–H and O–H groups in total. The molecule has 1 aromatic carbocycles. The van der Waals surface area contributed by atoms with Crippen LogP contribution < -0.4 is 10.6 Å². The third-order valence-electron chi connectivity index (χ3n) is 2.34. The third-order valence-corrected chi connectivity index (χ3v) is 2.69. The number of halogens is 1. The summed E-state index contributed by atoms with van der Waals surface area (Å²) in [6.45, 7) is 1.90. The summed E-state index contributed by atoms with van der Waals surface area (Å²) in [5.74, 6) is -0.950. The second-order valence-corrected chi connectivity index (χ2v) is 4.19. The Kier molecular flexibility index (Phi) is 5.45. The summed E-state index contributed by atoms with van der Waals surface area (Å²) < 4.78 is 0. The van der Waals surface area contributed by atoms with Gasteiger partial charge in [-0.2, -0.15) is 0 Å². The molecule has 0 bridgehead atoms. The maximum Gasteiger partial charge on any atom is 0.315 e. The molecule has 0 saturated carbocycles. The lowest BCUT2D eigenvalue weighted by Gasteiger charge is -2.16. The van der Waals surface area contributed by atoms with Crippen LogP contribution in [0.5, 0.6) is 0 Å². The van der Waals surface area contributed by atoms with E-state index in [4.69, 9.17) is 16.7 Å².